The highest BCUT2D eigenvalue weighted by atomic mass is 35.5. The molecule has 0 atom stereocenters. The Morgan fingerprint density at radius 3 is 2.71 bits per heavy atom. The zero-order chi connectivity index (χ0) is 13.0. The second kappa shape index (κ2) is 5.55. The summed E-state index contributed by atoms with van der Waals surface area (Å²) >= 11 is 5.44. The first-order valence-electron chi connectivity index (χ1n) is 4.48. The van der Waals surface area contributed by atoms with Crippen molar-refractivity contribution in [2.75, 3.05) is 0 Å². The van der Waals surface area contributed by atoms with Crippen LogP contribution in [0.1, 0.15) is 28.9 Å². The van der Waals surface area contributed by atoms with Crippen LogP contribution < -0.4 is 0 Å². The van der Waals surface area contributed by atoms with Crippen molar-refractivity contribution in [1.29, 1.82) is 5.26 Å². The van der Waals surface area contributed by atoms with Crippen LogP contribution in [-0.4, -0.2) is 16.1 Å². The Morgan fingerprint density at radius 1 is 1.65 bits per heavy atom. The van der Waals surface area contributed by atoms with Gasteiger partial charge in [0, 0.05) is 11.1 Å². The zero-order valence-electron chi connectivity index (χ0n) is 8.45. The van der Waals surface area contributed by atoms with E-state index < -0.39 is 24.4 Å². The van der Waals surface area contributed by atoms with Crippen molar-refractivity contribution in [3.8, 4) is 6.07 Å². The van der Waals surface area contributed by atoms with Crippen molar-refractivity contribution in [2.45, 2.75) is 18.7 Å². The molecule has 1 N–H and O–H groups in total. The zero-order valence-corrected chi connectivity index (χ0v) is 9.21. The van der Waals surface area contributed by atoms with Gasteiger partial charge in [-0.3, -0.25) is 4.79 Å². The maximum Gasteiger partial charge on any atom is 0.307 e. The molecule has 1 rings (SSSR count). The van der Waals surface area contributed by atoms with E-state index in [0.29, 0.717) is 0 Å². The van der Waals surface area contributed by atoms with Crippen LogP contribution in [0.2, 0.25) is 0 Å². The minimum atomic E-state index is -2.81. The maximum absolute atomic E-state index is 12.6. The average molecular weight is 261 g/mol. The Labute approximate surface area is 100 Å². The summed E-state index contributed by atoms with van der Waals surface area (Å²) in [7, 11) is 0. The molecule has 0 saturated carbocycles. The summed E-state index contributed by atoms with van der Waals surface area (Å²) in [5.41, 5.74) is -0.765. The number of carbonyl (C=O) groups is 1. The summed E-state index contributed by atoms with van der Waals surface area (Å²) in [5, 5.41) is 17.3. The molecule has 7 heteroatoms. The Morgan fingerprint density at radius 2 is 2.29 bits per heavy atom. The molecule has 0 unspecified atom stereocenters. The molecule has 0 amide bonds. The number of alkyl halides is 3. The number of carboxylic acid groups (broad SMARTS) is 1. The van der Waals surface area contributed by atoms with Crippen LogP contribution in [0.25, 0.3) is 0 Å². The van der Waals surface area contributed by atoms with Gasteiger partial charge in [-0.1, -0.05) is 0 Å². The third kappa shape index (κ3) is 3.11. The lowest BCUT2D eigenvalue weighted by atomic mass is 10.1. The van der Waals surface area contributed by atoms with Crippen molar-refractivity contribution in [3.63, 3.8) is 0 Å². The number of carboxylic acids is 1. The van der Waals surface area contributed by atoms with E-state index in [-0.39, 0.29) is 22.8 Å². The number of rotatable bonds is 4. The van der Waals surface area contributed by atoms with Crippen LogP contribution in [0.15, 0.2) is 6.07 Å². The van der Waals surface area contributed by atoms with Crippen molar-refractivity contribution >= 4 is 17.6 Å². The summed E-state index contributed by atoms with van der Waals surface area (Å²) < 4.78 is 25.3. The van der Waals surface area contributed by atoms with E-state index in [1.54, 1.807) is 6.07 Å². The van der Waals surface area contributed by atoms with Crippen LogP contribution in [0.4, 0.5) is 8.78 Å². The summed E-state index contributed by atoms with van der Waals surface area (Å²) in [6.45, 7) is 0. The lowest BCUT2D eigenvalue weighted by molar-refractivity contribution is -0.136. The lowest BCUT2D eigenvalue weighted by Gasteiger charge is -2.09. The molecule has 1 heterocycles. The molecular formula is C10H7ClF2N2O2. The molecule has 90 valence electrons. The fourth-order valence-corrected chi connectivity index (χ4v) is 1.52. The number of hydrogen-bond donors (Lipinski definition) is 1. The molecule has 0 radical (unpaired) electrons. The van der Waals surface area contributed by atoms with Gasteiger partial charge in [0.2, 0.25) is 0 Å². The standard InChI is InChI=1S/C10H7ClF2N2O2/c11-3-7-6(10(12)13)1-5(2-9(16)17)8(4-14)15-7/h1,10H,2-3H2,(H,16,17). The van der Waals surface area contributed by atoms with Gasteiger partial charge < -0.3 is 5.11 Å². The summed E-state index contributed by atoms with van der Waals surface area (Å²) in [4.78, 5) is 14.2. The molecular weight excluding hydrogens is 254 g/mol. The van der Waals surface area contributed by atoms with Gasteiger partial charge in [0.1, 0.15) is 11.8 Å². The minimum absolute atomic E-state index is 0.0378. The molecule has 0 bridgehead atoms. The third-order valence-corrected chi connectivity index (χ3v) is 2.28. The Balaban J connectivity index is 3.34. The number of nitriles is 1. The van der Waals surface area contributed by atoms with Crippen molar-refractivity contribution in [3.05, 3.63) is 28.6 Å². The number of halogens is 3. The minimum Gasteiger partial charge on any atom is -0.481 e. The summed E-state index contributed by atoms with van der Waals surface area (Å²) in [5.74, 6) is -1.48. The number of aliphatic carboxylic acids is 1. The second-order valence-electron chi connectivity index (χ2n) is 3.15. The second-order valence-corrected chi connectivity index (χ2v) is 3.42. The van der Waals surface area contributed by atoms with Crippen LogP contribution in [0.3, 0.4) is 0 Å². The topological polar surface area (TPSA) is 74.0 Å². The molecule has 0 saturated heterocycles. The number of nitrogens with zero attached hydrogens (tertiary/aromatic N) is 2. The molecule has 1 aromatic heterocycles. The van der Waals surface area contributed by atoms with E-state index in [0.717, 1.165) is 6.07 Å². The SMILES string of the molecule is N#Cc1nc(CCl)c(C(F)F)cc1CC(=O)O. The van der Waals surface area contributed by atoms with Gasteiger partial charge in [0.05, 0.1) is 18.0 Å². The fraction of sp³-hybridized carbons (Fsp3) is 0.300. The molecule has 17 heavy (non-hydrogen) atoms. The highest BCUT2D eigenvalue weighted by Gasteiger charge is 2.19. The van der Waals surface area contributed by atoms with E-state index in [2.05, 4.69) is 4.98 Å². The third-order valence-electron chi connectivity index (χ3n) is 2.02. The molecule has 0 fully saturated rings. The highest BCUT2D eigenvalue weighted by molar-refractivity contribution is 6.17. The van der Waals surface area contributed by atoms with E-state index in [1.165, 1.54) is 0 Å². The first-order valence-corrected chi connectivity index (χ1v) is 5.01. The smallest absolute Gasteiger partial charge is 0.307 e. The Hall–Kier alpha value is -1.74. The van der Waals surface area contributed by atoms with E-state index in [4.69, 9.17) is 22.0 Å². The van der Waals surface area contributed by atoms with Crippen molar-refractivity contribution in [1.82, 2.24) is 4.98 Å². The number of aromatic nitrogens is 1. The Bertz CT molecular complexity index is 486. The van der Waals surface area contributed by atoms with Crippen molar-refractivity contribution < 1.29 is 18.7 Å². The van der Waals surface area contributed by atoms with E-state index >= 15 is 0 Å². The maximum atomic E-state index is 12.6. The summed E-state index contributed by atoms with van der Waals surface area (Å²) in [6, 6.07) is 2.64. The van der Waals surface area contributed by atoms with Gasteiger partial charge in [-0.15, -0.1) is 11.6 Å². The van der Waals surface area contributed by atoms with Gasteiger partial charge in [-0.05, 0) is 6.07 Å². The fourth-order valence-electron chi connectivity index (χ4n) is 1.30. The van der Waals surface area contributed by atoms with Gasteiger partial charge in [0.15, 0.2) is 0 Å². The number of pyridine rings is 1. The summed E-state index contributed by atoms with van der Waals surface area (Å²) in [6.07, 6.45) is -3.34. The molecule has 0 spiro atoms. The molecule has 0 aromatic carbocycles. The quantitative estimate of drug-likeness (QED) is 0.843. The number of hydrogen-bond acceptors (Lipinski definition) is 3. The van der Waals surface area contributed by atoms with E-state index in [1.807, 2.05) is 0 Å². The first kappa shape index (κ1) is 13.3. The predicted molar refractivity (Wildman–Crippen MR) is 54.8 cm³/mol. The predicted octanol–water partition coefficient (Wildman–Crippen LogP) is 2.26. The molecule has 0 aliphatic rings. The van der Waals surface area contributed by atoms with Crippen LogP contribution in [0.5, 0.6) is 0 Å². The van der Waals surface area contributed by atoms with Crippen LogP contribution in [-0.2, 0) is 17.1 Å². The van der Waals surface area contributed by atoms with Gasteiger partial charge >= 0.3 is 5.97 Å². The van der Waals surface area contributed by atoms with Crippen LogP contribution in [0, 0.1) is 11.3 Å². The molecule has 0 aliphatic carbocycles. The molecule has 4 nitrogen and oxygen atoms in total. The first-order chi connectivity index (χ1) is 7.99. The largest absolute Gasteiger partial charge is 0.481 e. The van der Waals surface area contributed by atoms with Gasteiger partial charge in [0.25, 0.3) is 6.43 Å². The molecule has 1 aromatic rings. The van der Waals surface area contributed by atoms with E-state index in [9.17, 15) is 13.6 Å². The highest BCUT2D eigenvalue weighted by Crippen LogP contribution is 2.25. The lowest BCUT2D eigenvalue weighted by Crippen LogP contribution is -2.08. The molecule has 0 aliphatic heterocycles. The average Bonchev–Trinajstić information content (AvgIpc) is 2.27. The van der Waals surface area contributed by atoms with Gasteiger partial charge in [-0.25, -0.2) is 13.8 Å². The monoisotopic (exact) mass is 260 g/mol. The normalized spacial score (nSPS) is 10.3. The van der Waals surface area contributed by atoms with Crippen molar-refractivity contribution in [2.24, 2.45) is 0 Å². The van der Waals surface area contributed by atoms with Gasteiger partial charge in [-0.2, -0.15) is 5.26 Å². The van der Waals surface area contributed by atoms with Crippen LogP contribution >= 0.6 is 11.6 Å². The Kier molecular flexibility index (Phi) is 4.35.